The number of rotatable bonds is 5. The third-order valence-corrected chi connectivity index (χ3v) is 6.48. The SMILES string of the molecule is CN(CC(=O)Nc1ccc2c(c1)OCCCO2)S(=O)(=O)c1ccc(Cl)c(C(F)(F)F)c1. The van der Waals surface area contributed by atoms with Crippen molar-refractivity contribution in [1.29, 1.82) is 0 Å². The fraction of sp³-hybridized carbons (Fsp3) is 0.316. The zero-order valence-electron chi connectivity index (χ0n) is 16.2. The Labute approximate surface area is 181 Å². The Morgan fingerprint density at radius 1 is 1.13 bits per heavy atom. The first-order chi connectivity index (χ1) is 14.5. The van der Waals surface area contributed by atoms with E-state index in [-0.39, 0.29) is 0 Å². The van der Waals surface area contributed by atoms with Crippen LogP contribution in [-0.2, 0) is 21.0 Å². The Morgan fingerprint density at radius 2 is 1.81 bits per heavy atom. The Bertz CT molecular complexity index is 1090. The maximum absolute atomic E-state index is 13.0. The standard InChI is InChI=1S/C19H18ClF3N2O5S/c1-25(31(27,28)13-4-5-15(20)14(10-13)19(21,22)23)11-18(26)24-12-3-6-16-17(9-12)30-8-2-7-29-16/h3-6,9-10H,2,7-8,11H2,1H3,(H,24,26). The molecule has 0 aromatic heterocycles. The number of nitrogens with one attached hydrogen (secondary N) is 1. The van der Waals surface area contributed by atoms with Gasteiger partial charge in [-0.3, -0.25) is 4.79 Å². The molecule has 0 bridgehead atoms. The summed E-state index contributed by atoms with van der Waals surface area (Å²) in [5.74, 6) is 0.279. The van der Waals surface area contributed by atoms with Gasteiger partial charge in [0.25, 0.3) is 0 Å². The van der Waals surface area contributed by atoms with Crippen molar-refractivity contribution in [3.8, 4) is 11.5 Å². The minimum Gasteiger partial charge on any atom is -0.490 e. The second kappa shape index (κ2) is 8.93. The van der Waals surface area contributed by atoms with Crippen LogP contribution in [-0.4, -0.2) is 45.4 Å². The number of nitrogens with zero attached hydrogens (tertiary/aromatic N) is 1. The number of likely N-dealkylation sites (N-methyl/N-ethyl adjacent to an activating group) is 1. The topological polar surface area (TPSA) is 84.9 Å². The van der Waals surface area contributed by atoms with Crippen LogP contribution in [0.25, 0.3) is 0 Å². The molecule has 1 heterocycles. The molecule has 2 aromatic carbocycles. The third-order valence-electron chi connectivity index (χ3n) is 4.35. The smallest absolute Gasteiger partial charge is 0.417 e. The molecule has 0 aliphatic carbocycles. The zero-order valence-corrected chi connectivity index (χ0v) is 17.8. The average molecular weight is 479 g/mol. The van der Waals surface area contributed by atoms with Crippen molar-refractivity contribution in [3.05, 3.63) is 47.0 Å². The molecule has 7 nitrogen and oxygen atoms in total. The number of hydrogen-bond donors (Lipinski definition) is 1. The number of carbonyl (C=O) groups excluding carboxylic acids is 1. The molecule has 168 valence electrons. The average Bonchev–Trinajstić information content (AvgIpc) is 2.92. The number of hydrogen-bond acceptors (Lipinski definition) is 5. The molecule has 0 saturated heterocycles. The number of alkyl halides is 3. The van der Waals surface area contributed by atoms with Gasteiger partial charge in [0.1, 0.15) is 0 Å². The van der Waals surface area contributed by atoms with E-state index in [2.05, 4.69) is 5.32 Å². The fourth-order valence-electron chi connectivity index (χ4n) is 2.79. The predicted molar refractivity (Wildman–Crippen MR) is 107 cm³/mol. The lowest BCUT2D eigenvalue weighted by atomic mass is 10.2. The van der Waals surface area contributed by atoms with Crippen LogP contribution in [0.2, 0.25) is 5.02 Å². The van der Waals surface area contributed by atoms with E-state index in [1.165, 1.54) is 0 Å². The molecule has 3 rings (SSSR count). The van der Waals surface area contributed by atoms with Gasteiger partial charge in [-0.05, 0) is 30.3 Å². The van der Waals surface area contributed by atoms with Crippen LogP contribution < -0.4 is 14.8 Å². The highest BCUT2D eigenvalue weighted by molar-refractivity contribution is 7.89. The molecular formula is C19H18ClF3N2O5S. The highest BCUT2D eigenvalue weighted by atomic mass is 35.5. The number of halogens is 4. The first kappa shape index (κ1) is 23.2. The van der Waals surface area contributed by atoms with Crippen molar-refractivity contribution >= 4 is 33.2 Å². The minimum absolute atomic E-state index is 0.353. The molecule has 31 heavy (non-hydrogen) atoms. The Morgan fingerprint density at radius 3 is 2.48 bits per heavy atom. The second-order valence-electron chi connectivity index (χ2n) is 6.66. The van der Waals surface area contributed by atoms with Crippen molar-refractivity contribution in [2.45, 2.75) is 17.5 Å². The monoisotopic (exact) mass is 478 g/mol. The maximum atomic E-state index is 13.0. The third kappa shape index (κ3) is 5.41. The summed E-state index contributed by atoms with van der Waals surface area (Å²) in [7, 11) is -3.29. The summed E-state index contributed by atoms with van der Waals surface area (Å²) in [6.07, 6.45) is -4.12. The molecule has 0 atom stereocenters. The molecule has 0 fully saturated rings. The van der Waals surface area contributed by atoms with Crippen LogP contribution in [0.4, 0.5) is 18.9 Å². The molecule has 0 radical (unpaired) electrons. The van der Waals surface area contributed by atoms with Crippen molar-refractivity contribution < 1.29 is 35.9 Å². The van der Waals surface area contributed by atoms with Gasteiger partial charge in [0.2, 0.25) is 15.9 Å². The lowest BCUT2D eigenvalue weighted by molar-refractivity contribution is -0.137. The van der Waals surface area contributed by atoms with E-state index < -0.39 is 44.1 Å². The van der Waals surface area contributed by atoms with Gasteiger partial charge in [0, 0.05) is 25.2 Å². The molecule has 0 unspecified atom stereocenters. The number of anilines is 1. The molecule has 1 aliphatic rings. The van der Waals surface area contributed by atoms with Crippen LogP contribution in [0.5, 0.6) is 11.5 Å². The summed E-state index contributed by atoms with van der Waals surface area (Å²) in [6.45, 7) is 0.329. The van der Waals surface area contributed by atoms with E-state index >= 15 is 0 Å². The van der Waals surface area contributed by atoms with Crippen LogP contribution in [0.1, 0.15) is 12.0 Å². The second-order valence-corrected chi connectivity index (χ2v) is 9.11. The van der Waals surface area contributed by atoms with Crippen molar-refractivity contribution in [2.24, 2.45) is 0 Å². The lowest BCUT2D eigenvalue weighted by Crippen LogP contribution is -2.35. The molecule has 2 aromatic rings. The zero-order chi connectivity index (χ0) is 22.8. The minimum atomic E-state index is -4.82. The van der Waals surface area contributed by atoms with Gasteiger partial charge in [0.15, 0.2) is 11.5 Å². The fourth-order valence-corrected chi connectivity index (χ4v) is 4.17. The number of ether oxygens (including phenoxy) is 2. The van der Waals surface area contributed by atoms with Crippen LogP contribution in [0, 0.1) is 0 Å². The molecule has 12 heteroatoms. The van der Waals surface area contributed by atoms with Crippen molar-refractivity contribution in [1.82, 2.24) is 4.31 Å². The molecular weight excluding hydrogens is 461 g/mol. The summed E-state index contributed by atoms with van der Waals surface area (Å²) >= 11 is 5.53. The van der Waals surface area contributed by atoms with Gasteiger partial charge < -0.3 is 14.8 Å². The highest BCUT2D eigenvalue weighted by Crippen LogP contribution is 2.36. The summed E-state index contributed by atoms with van der Waals surface area (Å²) in [4.78, 5) is 11.7. The molecule has 0 spiro atoms. The van der Waals surface area contributed by atoms with Gasteiger partial charge in [-0.2, -0.15) is 17.5 Å². The Balaban J connectivity index is 1.73. The van der Waals surface area contributed by atoms with Gasteiger partial charge >= 0.3 is 6.18 Å². The summed E-state index contributed by atoms with van der Waals surface area (Å²) in [6, 6.07) is 6.96. The number of sulfonamides is 1. The van der Waals surface area contributed by atoms with Gasteiger partial charge in [-0.1, -0.05) is 11.6 Å². The first-order valence-electron chi connectivity index (χ1n) is 9.01. The summed E-state index contributed by atoms with van der Waals surface area (Å²) in [5.41, 5.74) is -0.925. The van der Waals surface area contributed by atoms with Crippen LogP contribution >= 0.6 is 11.6 Å². The van der Waals surface area contributed by atoms with E-state index in [1.54, 1.807) is 18.2 Å². The number of benzene rings is 2. The van der Waals surface area contributed by atoms with E-state index in [1.807, 2.05) is 0 Å². The molecule has 1 amide bonds. The molecule has 1 N–H and O–H groups in total. The number of fused-ring (bicyclic) bond motifs is 1. The largest absolute Gasteiger partial charge is 0.490 e. The summed E-state index contributed by atoms with van der Waals surface area (Å²) in [5, 5.41) is 1.91. The van der Waals surface area contributed by atoms with Gasteiger partial charge in [-0.15, -0.1) is 0 Å². The van der Waals surface area contributed by atoms with E-state index in [0.717, 1.165) is 19.2 Å². The van der Waals surface area contributed by atoms with Crippen molar-refractivity contribution in [3.63, 3.8) is 0 Å². The van der Waals surface area contributed by atoms with Gasteiger partial charge in [-0.25, -0.2) is 8.42 Å². The quantitative estimate of drug-likeness (QED) is 0.707. The van der Waals surface area contributed by atoms with Crippen LogP contribution in [0.15, 0.2) is 41.3 Å². The maximum Gasteiger partial charge on any atom is 0.417 e. The molecule has 0 saturated carbocycles. The van der Waals surface area contributed by atoms with E-state index in [0.29, 0.717) is 47.2 Å². The van der Waals surface area contributed by atoms with Crippen LogP contribution in [0.3, 0.4) is 0 Å². The number of amides is 1. The van der Waals surface area contributed by atoms with E-state index in [9.17, 15) is 26.4 Å². The Hall–Kier alpha value is -2.50. The lowest BCUT2D eigenvalue weighted by Gasteiger charge is -2.18. The molecule has 1 aliphatic heterocycles. The normalized spacial score (nSPS) is 14.3. The highest BCUT2D eigenvalue weighted by Gasteiger charge is 2.35. The van der Waals surface area contributed by atoms with Gasteiger partial charge in [0.05, 0.1) is 35.2 Å². The van der Waals surface area contributed by atoms with Crippen molar-refractivity contribution in [2.75, 3.05) is 32.1 Å². The first-order valence-corrected chi connectivity index (χ1v) is 10.8. The predicted octanol–water partition coefficient (Wildman–Crippen LogP) is 3.78. The number of carbonyl (C=O) groups is 1. The summed E-state index contributed by atoms with van der Waals surface area (Å²) < 4.78 is 76.1. The van der Waals surface area contributed by atoms with E-state index in [4.69, 9.17) is 21.1 Å². The Kier molecular flexibility index (Phi) is 6.68.